The number of nitrogens with one attached hydrogen (secondary N) is 1. The lowest BCUT2D eigenvalue weighted by Crippen LogP contribution is -2.31. The molecule has 0 saturated carbocycles. The number of alkyl halides is 3. The highest BCUT2D eigenvalue weighted by atomic mass is 19.4. The SMILES string of the molecule is COC(=O)C1=C(c2ccccc2)NC(C)=NC1c1ccccc1C(F)(F)F. The molecule has 1 atom stereocenters. The Kier molecular flexibility index (Phi) is 5.03. The number of methoxy groups -OCH3 is 1. The van der Waals surface area contributed by atoms with Crippen LogP contribution in [0.5, 0.6) is 0 Å². The monoisotopic (exact) mass is 374 g/mol. The second-order valence-corrected chi connectivity index (χ2v) is 5.97. The predicted octanol–water partition coefficient (Wildman–Crippen LogP) is 4.35. The van der Waals surface area contributed by atoms with Crippen molar-refractivity contribution in [1.29, 1.82) is 0 Å². The molecule has 0 aromatic heterocycles. The van der Waals surface area contributed by atoms with Crippen LogP contribution < -0.4 is 5.32 Å². The van der Waals surface area contributed by atoms with Crippen LogP contribution in [0.15, 0.2) is 65.2 Å². The van der Waals surface area contributed by atoms with Gasteiger partial charge < -0.3 is 10.1 Å². The second kappa shape index (κ2) is 7.26. The van der Waals surface area contributed by atoms with Gasteiger partial charge in [-0.3, -0.25) is 4.99 Å². The Morgan fingerprint density at radius 2 is 1.70 bits per heavy atom. The topological polar surface area (TPSA) is 50.7 Å². The Bertz CT molecular complexity index is 918. The lowest BCUT2D eigenvalue weighted by Gasteiger charge is -2.28. The minimum atomic E-state index is -4.57. The molecule has 1 N–H and O–H groups in total. The summed E-state index contributed by atoms with van der Waals surface area (Å²) in [4.78, 5) is 16.8. The Labute approximate surface area is 154 Å². The number of benzene rings is 2. The van der Waals surface area contributed by atoms with Crippen LogP contribution in [0.1, 0.15) is 29.7 Å². The van der Waals surface area contributed by atoms with Crippen LogP contribution in [0, 0.1) is 0 Å². The van der Waals surface area contributed by atoms with Crippen molar-refractivity contribution < 1.29 is 22.7 Å². The zero-order valence-electron chi connectivity index (χ0n) is 14.7. The summed E-state index contributed by atoms with van der Waals surface area (Å²) in [5.41, 5.74) is 0.145. The molecule has 140 valence electrons. The smallest absolute Gasteiger partial charge is 0.416 e. The molecule has 0 fully saturated rings. The molecule has 0 radical (unpaired) electrons. The van der Waals surface area contributed by atoms with Crippen LogP contribution in [0.4, 0.5) is 13.2 Å². The molecule has 1 aliphatic heterocycles. The summed E-state index contributed by atoms with van der Waals surface area (Å²) in [6, 6.07) is 12.9. The minimum Gasteiger partial charge on any atom is -0.466 e. The fourth-order valence-corrected chi connectivity index (χ4v) is 3.05. The Balaban J connectivity index is 2.26. The molecule has 7 heteroatoms. The molecular weight excluding hydrogens is 357 g/mol. The highest BCUT2D eigenvalue weighted by molar-refractivity contribution is 6.04. The molecule has 0 bridgehead atoms. The molecule has 27 heavy (non-hydrogen) atoms. The lowest BCUT2D eigenvalue weighted by atomic mass is 9.90. The average Bonchev–Trinajstić information content (AvgIpc) is 2.66. The number of nitrogens with zero attached hydrogens (tertiary/aromatic N) is 1. The third-order valence-corrected chi connectivity index (χ3v) is 4.20. The summed E-state index contributed by atoms with van der Waals surface area (Å²) in [6.07, 6.45) is -4.57. The van der Waals surface area contributed by atoms with Crippen LogP contribution in [0.3, 0.4) is 0 Å². The normalized spacial score (nSPS) is 17.2. The van der Waals surface area contributed by atoms with E-state index in [0.29, 0.717) is 17.1 Å². The summed E-state index contributed by atoms with van der Waals surface area (Å²) in [5.74, 6) is -0.330. The van der Waals surface area contributed by atoms with Crippen molar-refractivity contribution in [3.05, 3.63) is 76.9 Å². The number of aliphatic imine (C=N–C) groups is 1. The zero-order valence-corrected chi connectivity index (χ0v) is 14.7. The number of esters is 1. The maximum atomic E-state index is 13.5. The molecule has 1 heterocycles. The van der Waals surface area contributed by atoms with Crippen LogP contribution in [0.25, 0.3) is 5.70 Å². The third-order valence-electron chi connectivity index (χ3n) is 4.20. The van der Waals surface area contributed by atoms with Gasteiger partial charge in [-0.1, -0.05) is 48.5 Å². The van der Waals surface area contributed by atoms with Gasteiger partial charge in [0, 0.05) is 0 Å². The van der Waals surface area contributed by atoms with Crippen LogP contribution in [0.2, 0.25) is 0 Å². The Morgan fingerprint density at radius 1 is 1.07 bits per heavy atom. The zero-order chi connectivity index (χ0) is 19.6. The molecule has 4 nitrogen and oxygen atoms in total. The second-order valence-electron chi connectivity index (χ2n) is 5.97. The molecular formula is C20H17F3N2O2. The number of carbonyl (C=O) groups excluding carboxylic acids is 1. The number of rotatable bonds is 3. The third kappa shape index (κ3) is 3.72. The summed E-state index contributed by atoms with van der Waals surface area (Å²) >= 11 is 0. The fraction of sp³-hybridized carbons (Fsp3) is 0.200. The van der Waals surface area contributed by atoms with Crippen molar-refractivity contribution in [2.45, 2.75) is 19.1 Å². The van der Waals surface area contributed by atoms with E-state index in [0.717, 1.165) is 6.07 Å². The van der Waals surface area contributed by atoms with Gasteiger partial charge in [0.05, 0.1) is 29.8 Å². The first-order valence-electron chi connectivity index (χ1n) is 8.18. The van der Waals surface area contributed by atoms with Crippen molar-refractivity contribution in [2.24, 2.45) is 4.99 Å². The van der Waals surface area contributed by atoms with Gasteiger partial charge in [0.15, 0.2) is 0 Å². The standard InChI is InChI=1S/C20H17F3N2O2/c1-12-24-17(13-8-4-3-5-9-13)16(19(26)27-2)18(25-12)14-10-6-7-11-15(14)20(21,22)23/h3-11,18H,1-2H3,(H,24,25). The van der Waals surface area contributed by atoms with E-state index in [2.05, 4.69) is 10.3 Å². The number of ether oxygens (including phenoxy) is 1. The summed E-state index contributed by atoms with van der Waals surface area (Å²) < 4.78 is 45.5. The fourth-order valence-electron chi connectivity index (χ4n) is 3.05. The summed E-state index contributed by atoms with van der Waals surface area (Å²) in [5, 5.41) is 3.00. The van der Waals surface area contributed by atoms with Gasteiger partial charge in [-0.15, -0.1) is 0 Å². The predicted molar refractivity (Wildman–Crippen MR) is 95.8 cm³/mol. The van der Waals surface area contributed by atoms with Gasteiger partial charge in [-0.2, -0.15) is 13.2 Å². The van der Waals surface area contributed by atoms with E-state index in [1.807, 2.05) is 6.07 Å². The highest BCUT2D eigenvalue weighted by Gasteiger charge is 2.39. The van der Waals surface area contributed by atoms with Gasteiger partial charge in [0.1, 0.15) is 6.04 Å². The minimum absolute atomic E-state index is 0.0333. The van der Waals surface area contributed by atoms with E-state index < -0.39 is 23.8 Å². The molecule has 0 spiro atoms. The Hall–Kier alpha value is -3.09. The average molecular weight is 374 g/mol. The summed E-state index contributed by atoms with van der Waals surface area (Å²) in [7, 11) is 1.19. The van der Waals surface area contributed by atoms with Gasteiger partial charge in [0.25, 0.3) is 0 Å². The van der Waals surface area contributed by atoms with Crippen molar-refractivity contribution in [3.63, 3.8) is 0 Å². The van der Waals surface area contributed by atoms with Gasteiger partial charge in [0.2, 0.25) is 0 Å². The number of halogens is 3. The summed E-state index contributed by atoms with van der Waals surface area (Å²) in [6.45, 7) is 1.64. The van der Waals surface area contributed by atoms with Crippen molar-refractivity contribution >= 4 is 17.5 Å². The van der Waals surface area contributed by atoms with Crippen molar-refractivity contribution in [3.8, 4) is 0 Å². The van der Waals surface area contributed by atoms with Crippen LogP contribution >= 0.6 is 0 Å². The van der Waals surface area contributed by atoms with E-state index in [4.69, 9.17) is 4.74 Å². The van der Waals surface area contributed by atoms with Gasteiger partial charge >= 0.3 is 12.1 Å². The lowest BCUT2D eigenvalue weighted by molar-refractivity contribution is -0.139. The molecule has 1 aliphatic rings. The van der Waals surface area contributed by atoms with E-state index in [1.54, 1.807) is 31.2 Å². The quantitative estimate of drug-likeness (QED) is 0.813. The van der Waals surface area contributed by atoms with E-state index in [9.17, 15) is 18.0 Å². The number of hydrogen-bond donors (Lipinski definition) is 1. The molecule has 3 rings (SSSR count). The molecule has 0 aliphatic carbocycles. The molecule has 1 unspecified atom stereocenters. The first kappa shape index (κ1) is 18.7. The van der Waals surface area contributed by atoms with E-state index in [1.165, 1.54) is 25.3 Å². The van der Waals surface area contributed by atoms with Crippen LogP contribution in [-0.4, -0.2) is 18.9 Å². The number of hydrogen-bond acceptors (Lipinski definition) is 4. The number of amidine groups is 1. The highest BCUT2D eigenvalue weighted by Crippen LogP contribution is 2.41. The maximum Gasteiger partial charge on any atom is 0.416 e. The van der Waals surface area contributed by atoms with E-state index >= 15 is 0 Å². The number of carbonyl (C=O) groups is 1. The first-order valence-corrected chi connectivity index (χ1v) is 8.18. The van der Waals surface area contributed by atoms with Crippen LogP contribution in [-0.2, 0) is 15.7 Å². The van der Waals surface area contributed by atoms with Gasteiger partial charge in [-0.05, 0) is 24.1 Å². The molecule has 0 amide bonds. The Morgan fingerprint density at radius 3 is 2.33 bits per heavy atom. The largest absolute Gasteiger partial charge is 0.466 e. The molecule has 2 aromatic rings. The molecule has 0 saturated heterocycles. The van der Waals surface area contributed by atoms with Crippen molar-refractivity contribution in [2.75, 3.05) is 7.11 Å². The maximum absolute atomic E-state index is 13.5. The van der Waals surface area contributed by atoms with Gasteiger partial charge in [-0.25, -0.2) is 4.79 Å². The van der Waals surface area contributed by atoms with E-state index in [-0.39, 0.29) is 11.1 Å². The molecule has 2 aromatic carbocycles. The first-order chi connectivity index (χ1) is 12.8. The van der Waals surface area contributed by atoms with Crippen molar-refractivity contribution in [1.82, 2.24) is 5.32 Å².